The zero-order valence-corrected chi connectivity index (χ0v) is 15.4. The highest BCUT2D eigenvalue weighted by Crippen LogP contribution is 2.40. The van der Waals surface area contributed by atoms with Crippen LogP contribution in [0, 0.1) is 6.92 Å². The molecule has 0 saturated heterocycles. The summed E-state index contributed by atoms with van der Waals surface area (Å²) in [6.45, 7) is 1.85. The van der Waals surface area contributed by atoms with Crippen molar-refractivity contribution in [3.05, 3.63) is 46.3 Å². The molecule has 1 fully saturated rings. The molecule has 0 spiro atoms. The predicted molar refractivity (Wildman–Crippen MR) is 96.1 cm³/mol. The van der Waals surface area contributed by atoms with Gasteiger partial charge in [0, 0.05) is 6.04 Å². The molecular weight excluding hydrogens is 386 g/mol. The van der Waals surface area contributed by atoms with E-state index in [1.807, 2.05) is 31.5 Å². The zero-order valence-electron chi connectivity index (χ0n) is 13.8. The highest BCUT2D eigenvalue weighted by Gasteiger charge is 2.27. The van der Waals surface area contributed by atoms with Gasteiger partial charge in [-0.15, -0.1) is 0 Å². The van der Waals surface area contributed by atoms with Gasteiger partial charge in [-0.2, -0.15) is 0 Å². The normalized spacial score (nSPS) is 13.9. The number of carbonyl (C=O) groups excluding carboxylic acids is 1. The third-order valence-corrected chi connectivity index (χ3v) is 4.66. The Bertz CT molecular complexity index is 979. The fourth-order valence-corrected chi connectivity index (χ4v) is 3.18. The maximum Gasteiger partial charge on any atom is 0.338 e. The van der Waals surface area contributed by atoms with Gasteiger partial charge in [0.25, 0.3) is 0 Å². The van der Waals surface area contributed by atoms with E-state index in [0.29, 0.717) is 27.8 Å². The molecular formula is C18H16BrN3O3. The van der Waals surface area contributed by atoms with Gasteiger partial charge in [0.05, 0.1) is 24.5 Å². The molecule has 1 aliphatic rings. The molecule has 7 heteroatoms. The number of aromatic nitrogens is 3. The van der Waals surface area contributed by atoms with Crippen LogP contribution >= 0.6 is 15.9 Å². The molecule has 2 heterocycles. The van der Waals surface area contributed by atoms with Crippen LogP contribution in [-0.2, 0) is 4.74 Å². The van der Waals surface area contributed by atoms with Crippen molar-refractivity contribution < 1.29 is 14.3 Å². The minimum Gasteiger partial charge on any atom is -0.465 e. The van der Waals surface area contributed by atoms with Crippen LogP contribution in [0.3, 0.4) is 0 Å². The molecule has 25 heavy (non-hydrogen) atoms. The average molecular weight is 402 g/mol. The molecule has 0 bridgehead atoms. The summed E-state index contributed by atoms with van der Waals surface area (Å²) in [5.74, 6) is 0.605. The zero-order chi connectivity index (χ0) is 17.6. The molecule has 128 valence electrons. The van der Waals surface area contributed by atoms with Crippen molar-refractivity contribution in [3.8, 4) is 11.6 Å². The second-order valence-electron chi connectivity index (χ2n) is 6.07. The molecule has 0 atom stereocenters. The monoisotopic (exact) mass is 401 g/mol. The van der Waals surface area contributed by atoms with Crippen LogP contribution in [0.15, 0.2) is 35.2 Å². The first-order valence-corrected chi connectivity index (χ1v) is 8.76. The van der Waals surface area contributed by atoms with Gasteiger partial charge in [-0.3, -0.25) is 0 Å². The SMILES string of the molecule is COC(=O)c1cc(Oc2nc(Br)cc3ncn(C4CC4)c23)ccc1C. The number of rotatable bonds is 4. The number of pyridine rings is 1. The van der Waals surface area contributed by atoms with Crippen molar-refractivity contribution in [2.45, 2.75) is 25.8 Å². The van der Waals surface area contributed by atoms with Crippen LogP contribution in [0.4, 0.5) is 0 Å². The Kier molecular flexibility index (Phi) is 3.95. The maximum atomic E-state index is 11.9. The number of benzene rings is 1. The average Bonchev–Trinajstić information content (AvgIpc) is 3.35. The molecule has 4 rings (SSSR count). The number of aryl methyl sites for hydroxylation is 1. The van der Waals surface area contributed by atoms with Crippen LogP contribution in [-0.4, -0.2) is 27.6 Å². The molecule has 2 aromatic heterocycles. The van der Waals surface area contributed by atoms with Gasteiger partial charge in [-0.1, -0.05) is 6.07 Å². The summed E-state index contributed by atoms with van der Waals surface area (Å²) in [5, 5.41) is 0. The van der Waals surface area contributed by atoms with Gasteiger partial charge in [0.2, 0.25) is 5.88 Å². The first-order valence-electron chi connectivity index (χ1n) is 7.96. The van der Waals surface area contributed by atoms with Gasteiger partial charge in [0.1, 0.15) is 15.9 Å². The topological polar surface area (TPSA) is 66.2 Å². The summed E-state index contributed by atoms with van der Waals surface area (Å²) in [4.78, 5) is 20.8. The quantitative estimate of drug-likeness (QED) is 0.478. The Labute approximate surface area is 152 Å². The highest BCUT2D eigenvalue weighted by atomic mass is 79.9. The summed E-state index contributed by atoms with van der Waals surface area (Å²) < 4.78 is 13.6. The lowest BCUT2D eigenvalue weighted by molar-refractivity contribution is 0.0599. The van der Waals surface area contributed by atoms with Crippen LogP contribution in [0.25, 0.3) is 11.0 Å². The van der Waals surface area contributed by atoms with Crippen LogP contribution in [0.5, 0.6) is 11.6 Å². The number of halogens is 1. The van der Waals surface area contributed by atoms with Crippen LogP contribution < -0.4 is 4.74 Å². The summed E-state index contributed by atoms with van der Waals surface area (Å²) in [6.07, 6.45) is 4.11. The first kappa shape index (κ1) is 16.1. The lowest BCUT2D eigenvalue weighted by Gasteiger charge is -2.11. The third-order valence-electron chi connectivity index (χ3n) is 4.26. The van der Waals surface area contributed by atoms with Crippen molar-refractivity contribution in [3.63, 3.8) is 0 Å². The first-order chi connectivity index (χ1) is 12.1. The van der Waals surface area contributed by atoms with Gasteiger partial charge in [-0.05, 0) is 59.5 Å². The Balaban J connectivity index is 1.78. The number of ether oxygens (including phenoxy) is 2. The molecule has 0 N–H and O–H groups in total. The van der Waals surface area contributed by atoms with E-state index < -0.39 is 5.97 Å². The Morgan fingerprint density at radius 2 is 2.12 bits per heavy atom. The lowest BCUT2D eigenvalue weighted by atomic mass is 10.1. The number of hydrogen-bond donors (Lipinski definition) is 0. The number of fused-ring (bicyclic) bond motifs is 1. The maximum absolute atomic E-state index is 11.9. The van der Waals surface area contributed by atoms with Gasteiger partial charge in [0.15, 0.2) is 0 Å². The molecule has 0 unspecified atom stereocenters. The Morgan fingerprint density at radius 3 is 2.84 bits per heavy atom. The number of esters is 1. The highest BCUT2D eigenvalue weighted by molar-refractivity contribution is 9.10. The number of imidazole rings is 1. The summed E-state index contributed by atoms with van der Waals surface area (Å²) in [5.41, 5.74) is 2.99. The summed E-state index contributed by atoms with van der Waals surface area (Å²) in [6, 6.07) is 7.64. The number of hydrogen-bond acceptors (Lipinski definition) is 5. The number of methoxy groups -OCH3 is 1. The minimum atomic E-state index is -0.390. The van der Waals surface area contributed by atoms with E-state index >= 15 is 0 Å². The molecule has 3 aromatic rings. The van der Waals surface area contributed by atoms with Crippen molar-refractivity contribution >= 4 is 32.9 Å². The molecule has 6 nitrogen and oxygen atoms in total. The molecule has 0 aliphatic heterocycles. The van der Waals surface area contributed by atoms with E-state index in [1.54, 1.807) is 6.07 Å². The number of carbonyl (C=O) groups is 1. The van der Waals surface area contributed by atoms with Crippen LogP contribution in [0.2, 0.25) is 0 Å². The molecule has 1 saturated carbocycles. The van der Waals surface area contributed by atoms with Crippen molar-refractivity contribution in [2.24, 2.45) is 0 Å². The molecule has 1 aromatic carbocycles. The Hall–Kier alpha value is -2.41. The second-order valence-corrected chi connectivity index (χ2v) is 6.88. The summed E-state index contributed by atoms with van der Waals surface area (Å²) in [7, 11) is 1.36. The number of nitrogens with zero attached hydrogens (tertiary/aromatic N) is 3. The fraction of sp³-hybridized carbons (Fsp3) is 0.278. The van der Waals surface area contributed by atoms with Crippen molar-refractivity contribution in [1.29, 1.82) is 0 Å². The van der Waals surface area contributed by atoms with Crippen molar-refractivity contribution in [1.82, 2.24) is 14.5 Å². The van der Waals surface area contributed by atoms with Gasteiger partial charge < -0.3 is 14.0 Å². The van der Waals surface area contributed by atoms with E-state index in [4.69, 9.17) is 9.47 Å². The standard InChI is InChI=1S/C18H16BrN3O3/c1-10-3-6-12(7-13(10)18(23)24-2)25-17-16-14(8-15(19)21-17)20-9-22(16)11-4-5-11/h3,6-9,11H,4-5H2,1-2H3. The smallest absolute Gasteiger partial charge is 0.338 e. The largest absolute Gasteiger partial charge is 0.465 e. The van der Waals surface area contributed by atoms with Crippen molar-refractivity contribution in [2.75, 3.05) is 7.11 Å². The van der Waals surface area contributed by atoms with E-state index in [0.717, 1.165) is 29.4 Å². The fourth-order valence-electron chi connectivity index (χ4n) is 2.80. The second kappa shape index (κ2) is 6.15. The predicted octanol–water partition coefficient (Wildman–Crippen LogP) is 4.42. The summed E-state index contributed by atoms with van der Waals surface area (Å²) >= 11 is 3.40. The third kappa shape index (κ3) is 3.00. The van der Waals surface area contributed by atoms with E-state index in [2.05, 4.69) is 30.5 Å². The van der Waals surface area contributed by atoms with E-state index in [9.17, 15) is 4.79 Å². The molecule has 1 aliphatic carbocycles. The Morgan fingerprint density at radius 1 is 1.32 bits per heavy atom. The minimum absolute atomic E-state index is 0.390. The molecule has 0 radical (unpaired) electrons. The van der Waals surface area contributed by atoms with E-state index in [1.165, 1.54) is 7.11 Å². The van der Waals surface area contributed by atoms with E-state index in [-0.39, 0.29) is 0 Å². The van der Waals surface area contributed by atoms with Gasteiger partial charge >= 0.3 is 5.97 Å². The molecule has 0 amide bonds. The van der Waals surface area contributed by atoms with Crippen LogP contribution in [0.1, 0.15) is 34.8 Å². The van der Waals surface area contributed by atoms with Gasteiger partial charge in [-0.25, -0.2) is 14.8 Å². The lowest BCUT2D eigenvalue weighted by Crippen LogP contribution is -2.04.